The van der Waals surface area contributed by atoms with Crippen LogP contribution in [0.2, 0.25) is 0 Å². The Morgan fingerprint density at radius 3 is 2.65 bits per heavy atom. The smallest absolute Gasteiger partial charge is 0.226 e. The number of nitrogens with zero attached hydrogens (tertiary/aromatic N) is 7. The van der Waals surface area contributed by atoms with E-state index < -0.39 is 0 Å². The molecule has 3 aliphatic rings. The predicted octanol–water partition coefficient (Wildman–Crippen LogP) is 1.44. The topological polar surface area (TPSA) is 79.1 Å². The van der Waals surface area contributed by atoms with Crippen LogP contribution in [0.15, 0.2) is 18.5 Å². The molecule has 3 aliphatic heterocycles. The van der Waals surface area contributed by atoms with E-state index in [1.165, 1.54) is 0 Å². The number of amides is 1. The molecule has 0 N–H and O–H groups in total. The number of anilines is 1. The highest BCUT2D eigenvalue weighted by Gasteiger charge is 2.36. The van der Waals surface area contributed by atoms with Crippen LogP contribution in [0.5, 0.6) is 0 Å². The molecular formula is C22H33N7O2. The number of hydrogen-bond acceptors (Lipinski definition) is 7. The first-order chi connectivity index (χ1) is 15.1. The standard InChI is InChI=1S/C22H33N7O2/c1-16-12-26(13-17(2)31-16)14-19-4-3-9-28(19)22(30)18-7-10-27(11-8-18)21-6-5-20-24-23-15-29(20)25-21/h5-6,15-19H,3-4,7-14H2,1-2H3. The first kappa shape index (κ1) is 20.6. The summed E-state index contributed by atoms with van der Waals surface area (Å²) in [6.07, 6.45) is 6.17. The Balaban J connectivity index is 1.17. The van der Waals surface area contributed by atoms with E-state index >= 15 is 0 Å². The second kappa shape index (κ2) is 8.70. The minimum atomic E-state index is 0.123. The highest BCUT2D eigenvalue weighted by Crippen LogP contribution is 2.28. The van der Waals surface area contributed by atoms with Crippen molar-refractivity contribution in [3.63, 3.8) is 0 Å². The molecule has 31 heavy (non-hydrogen) atoms. The van der Waals surface area contributed by atoms with Gasteiger partial charge in [-0.2, -0.15) is 4.52 Å². The zero-order valence-electron chi connectivity index (χ0n) is 18.6. The van der Waals surface area contributed by atoms with Crippen molar-refractivity contribution in [3.8, 4) is 0 Å². The van der Waals surface area contributed by atoms with Gasteiger partial charge in [0.25, 0.3) is 0 Å². The average Bonchev–Trinajstić information content (AvgIpc) is 3.41. The maximum absolute atomic E-state index is 13.4. The molecule has 0 bridgehead atoms. The lowest BCUT2D eigenvalue weighted by Gasteiger charge is -2.39. The SMILES string of the molecule is CC1CN(CC2CCCN2C(=O)C2CCN(c3ccc4nncn4n3)CC2)CC(C)O1. The summed E-state index contributed by atoms with van der Waals surface area (Å²) in [6.45, 7) is 9.81. The predicted molar refractivity (Wildman–Crippen MR) is 117 cm³/mol. The van der Waals surface area contributed by atoms with Crippen LogP contribution in [0, 0.1) is 5.92 Å². The summed E-state index contributed by atoms with van der Waals surface area (Å²) < 4.78 is 7.58. The molecule has 3 fully saturated rings. The van der Waals surface area contributed by atoms with Gasteiger partial charge in [0.15, 0.2) is 5.65 Å². The highest BCUT2D eigenvalue weighted by molar-refractivity contribution is 5.79. The number of ether oxygens (including phenoxy) is 1. The maximum Gasteiger partial charge on any atom is 0.226 e. The molecule has 0 saturated carbocycles. The Hall–Kier alpha value is -2.26. The number of likely N-dealkylation sites (tertiary alicyclic amines) is 1. The Morgan fingerprint density at radius 2 is 1.87 bits per heavy atom. The van der Waals surface area contributed by atoms with Crippen molar-refractivity contribution in [2.24, 2.45) is 5.92 Å². The summed E-state index contributed by atoms with van der Waals surface area (Å²) in [4.78, 5) is 20.3. The van der Waals surface area contributed by atoms with Crippen molar-refractivity contribution in [2.75, 3.05) is 44.2 Å². The van der Waals surface area contributed by atoms with E-state index in [0.29, 0.717) is 11.9 Å². The minimum Gasteiger partial charge on any atom is -0.373 e. The minimum absolute atomic E-state index is 0.123. The van der Waals surface area contributed by atoms with Gasteiger partial charge in [-0.1, -0.05) is 0 Å². The molecule has 5 heterocycles. The average molecular weight is 428 g/mol. The van der Waals surface area contributed by atoms with E-state index in [1.807, 2.05) is 12.1 Å². The third-order valence-electron chi connectivity index (χ3n) is 6.94. The van der Waals surface area contributed by atoms with Crippen LogP contribution >= 0.6 is 0 Å². The molecule has 3 unspecified atom stereocenters. The molecule has 168 valence electrons. The van der Waals surface area contributed by atoms with Gasteiger partial charge in [0.05, 0.1) is 12.2 Å². The monoisotopic (exact) mass is 427 g/mol. The summed E-state index contributed by atoms with van der Waals surface area (Å²) in [5.41, 5.74) is 0.748. The Morgan fingerprint density at radius 1 is 1.10 bits per heavy atom. The van der Waals surface area contributed by atoms with E-state index in [-0.39, 0.29) is 18.1 Å². The number of carbonyl (C=O) groups is 1. The van der Waals surface area contributed by atoms with E-state index in [9.17, 15) is 4.79 Å². The van der Waals surface area contributed by atoms with Gasteiger partial charge < -0.3 is 14.5 Å². The van der Waals surface area contributed by atoms with Crippen molar-refractivity contribution >= 4 is 17.4 Å². The largest absolute Gasteiger partial charge is 0.373 e. The van der Waals surface area contributed by atoms with E-state index in [1.54, 1.807) is 10.8 Å². The van der Waals surface area contributed by atoms with Crippen LogP contribution in [0.3, 0.4) is 0 Å². The van der Waals surface area contributed by atoms with E-state index in [2.05, 4.69) is 43.8 Å². The zero-order chi connectivity index (χ0) is 21.4. The van der Waals surface area contributed by atoms with Gasteiger partial charge in [0, 0.05) is 51.2 Å². The molecule has 3 atom stereocenters. The molecule has 0 radical (unpaired) electrons. The fraction of sp³-hybridized carbons (Fsp3) is 0.727. The first-order valence-electron chi connectivity index (χ1n) is 11.7. The number of rotatable bonds is 4. The normalized spacial score (nSPS) is 28.5. The van der Waals surface area contributed by atoms with Gasteiger partial charge >= 0.3 is 0 Å². The quantitative estimate of drug-likeness (QED) is 0.731. The summed E-state index contributed by atoms with van der Waals surface area (Å²) in [5.74, 6) is 1.41. The van der Waals surface area contributed by atoms with Gasteiger partial charge in [0.1, 0.15) is 12.1 Å². The molecule has 9 nitrogen and oxygen atoms in total. The van der Waals surface area contributed by atoms with Crippen LogP contribution in [-0.2, 0) is 9.53 Å². The molecule has 0 aromatic carbocycles. The maximum atomic E-state index is 13.4. The van der Waals surface area contributed by atoms with Gasteiger partial charge in [-0.3, -0.25) is 9.69 Å². The molecule has 0 aliphatic carbocycles. The lowest BCUT2D eigenvalue weighted by molar-refractivity contribution is -0.138. The number of hydrogen-bond donors (Lipinski definition) is 0. The third kappa shape index (κ3) is 4.39. The first-order valence-corrected chi connectivity index (χ1v) is 11.7. The molecule has 2 aromatic rings. The molecule has 1 amide bonds. The molecule has 0 spiro atoms. The molecule has 3 saturated heterocycles. The van der Waals surface area contributed by atoms with Crippen molar-refractivity contribution in [1.29, 1.82) is 0 Å². The number of aromatic nitrogens is 4. The second-order valence-corrected chi connectivity index (χ2v) is 9.39. The summed E-state index contributed by atoms with van der Waals surface area (Å²) in [5, 5.41) is 12.5. The summed E-state index contributed by atoms with van der Waals surface area (Å²) in [6, 6.07) is 4.28. The van der Waals surface area contributed by atoms with Crippen LogP contribution in [0.1, 0.15) is 39.5 Å². The third-order valence-corrected chi connectivity index (χ3v) is 6.94. The van der Waals surface area contributed by atoms with Crippen LogP contribution < -0.4 is 4.90 Å². The van der Waals surface area contributed by atoms with Gasteiger partial charge in [0.2, 0.25) is 5.91 Å². The Labute approximate surface area is 183 Å². The fourth-order valence-corrected chi connectivity index (χ4v) is 5.52. The molecule has 9 heteroatoms. The van der Waals surface area contributed by atoms with Crippen molar-refractivity contribution in [2.45, 2.75) is 57.8 Å². The van der Waals surface area contributed by atoms with E-state index in [4.69, 9.17) is 4.74 Å². The van der Waals surface area contributed by atoms with Gasteiger partial charge in [-0.15, -0.1) is 15.3 Å². The van der Waals surface area contributed by atoms with Gasteiger partial charge in [-0.05, 0) is 51.7 Å². The summed E-state index contributed by atoms with van der Waals surface area (Å²) in [7, 11) is 0. The van der Waals surface area contributed by atoms with Crippen LogP contribution in [-0.4, -0.2) is 93.0 Å². The lowest BCUT2D eigenvalue weighted by atomic mass is 9.95. The molecular weight excluding hydrogens is 394 g/mol. The number of morpholine rings is 1. The number of carbonyl (C=O) groups excluding carboxylic acids is 1. The van der Waals surface area contributed by atoms with Crippen LogP contribution in [0.4, 0.5) is 5.82 Å². The number of piperidine rings is 1. The highest BCUT2D eigenvalue weighted by atomic mass is 16.5. The summed E-state index contributed by atoms with van der Waals surface area (Å²) >= 11 is 0. The second-order valence-electron chi connectivity index (χ2n) is 9.39. The molecule has 2 aromatic heterocycles. The fourth-order valence-electron chi connectivity index (χ4n) is 5.52. The molecule has 5 rings (SSSR count). The number of fused-ring (bicyclic) bond motifs is 1. The van der Waals surface area contributed by atoms with Crippen LogP contribution in [0.25, 0.3) is 5.65 Å². The lowest BCUT2D eigenvalue weighted by Crippen LogP contribution is -2.52. The zero-order valence-corrected chi connectivity index (χ0v) is 18.6. The van der Waals surface area contributed by atoms with Crippen molar-refractivity contribution < 1.29 is 9.53 Å². The van der Waals surface area contributed by atoms with Crippen molar-refractivity contribution in [1.82, 2.24) is 29.6 Å². The van der Waals surface area contributed by atoms with Crippen molar-refractivity contribution in [3.05, 3.63) is 18.5 Å². The van der Waals surface area contributed by atoms with Gasteiger partial charge in [-0.25, -0.2) is 0 Å². The van der Waals surface area contributed by atoms with E-state index in [0.717, 1.165) is 76.4 Å². The Bertz CT molecular complexity index is 900. The Kier molecular flexibility index (Phi) is 5.79.